The van der Waals surface area contributed by atoms with Gasteiger partial charge in [0.15, 0.2) is 0 Å². The van der Waals surface area contributed by atoms with E-state index >= 15 is 0 Å². The van der Waals surface area contributed by atoms with E-state index in [1.54, 1.807) is 6.20 Å². The van der Waals surface area contributed by atoms with Crippen molar-refractivity contribution in [2.45, 2.75) is 19.8 Å². The molecule has 5 nitrogen and oxygen atoms in total. The molecule has 1 aliphatic rings. The fourth-order valence-electron chi connectivity index (χ4n) is 3.48. The van der Waals surface area contributed by atoms with Crippen molar-refractivity contribution in [1.29, 1.82) is 0 Å². The summed E-state index contributed by atoms with van der Waals surface area (Å²) in [4.78, 5) is 21.3. The zero-order chi connectivity index (χ0) is 16.9. The normalized spacial score (nSPS) is 17.6. The Balaban J connectivity index is 1.61. The summed E-state index contributed by atoms with van der Waals surface area (Å²) in [5, 5.41) is 4.07. The van der Waals surface area contributed by atoms with Gasteiger partial charge in [-0.15, -0.1) is 0 Å². The number of carbonyl (C=O) groups is 1. The molecule has 3 rings (SSSR count). The van der Waals surface area contributed by atoms with Gasteiger partial charge in [-0.1, -0.05) is 25.1 Å². The van der Waals surface area contributed by atoms with Crippen LogP contribution in [-0.4, -0.2) is 54.0 Å². The maximum absolute atomic E-state index is 12.6. The molecule has 1 fully saturated rings. The van der Waals surface area contributed by atoms with Gasteiger partial charge in [-0.2, -0.15) is 0 Å². The van der Waals surface area contributed by atoms with Crippen molar-refractivity contribution >= 4 is 22.6 Å². The number of hydrogen-bond donors (Lipinski definition) is 1. The molecular weight excluding hydrogens is 300 g/mol. The highest BCUT2D eigenvalue weighted by atomic mass is 16.2. The highest BCUT2D eigenvalue weighted by Crippen LogP contribution is 2.23. The van der Waals surface area contributed by atoms with Crippen LogP contribution in [0, 0.1) is 5.92 Å². The molecule has 24 heavy (non-hydrogen) atoms. The molecule has 1 N–H and O–H groups in total. The largest absolute Gasteiger partial charge is 0.324 e. The van der Waals surface area contributed by atoms with Gasteiger partial charge in [-0.3, -0.25) is 4.98 Å². The number of carbonyl (C=O) groups excluding carboxylic acids is 1. The third-order valence-corrected chi connectivity index (χ3v) is 4.62. The lowest BCUT2D eigenvalue weighted by Gasteiger charge is -2.21. The van der Waals surface area contributed by atoms with Crippen molar-refractivity contribution in [3.05, 3.63) is 36.5 Å². The molecule has 0 spiro atoms. The van der Waals surface area contributed by atoms with Crippen LogP contribution in [0.15, 0.2) is 36.5 Å². The molecule has 1 aromatic heterocycles. The summed E-state index contributed by atoms with van der Waals surface area (Å²) < 4.78 is 0. The van der Waals surface area contributed by atoms with E-state index in [1.807, 2.05) is 35.2 Å². The van der Waals surface area contributed by atoms with Gasteiger partial charge in [-0.05, 0) is 44.5 Å². The van der Waals surface area contributed by atoms with Gasteiger partial charge in [0, 0.05) is 31.2 Å². The van der Waals surface area contributed by atoms with E-state index in [2.05, 4.69) is 29.2 Å². The number of nitrogens with zero attached hydrogens (tertiary/aromatic N) is 3. The number of rotatable bonds is 5. The van der Waals surface area contributed by atoms with Gasteiger partial charge >= 0.3 is 6.03 Å². The molecule has 1 aromatic carbocycles. The number of benzene rings is 1. The van der Waals surface area contributed by atoms with Crippen LogP contribution in [-0.2, 0) is 0 Å². The Hall–Kier alpha value is -2.14. The lowest BCUT2D eigenvalue weighted by molar-refractivity contribution is 0.217. The molecule has 2 heterocycles. The summed E-state index contributed by atoms with van der Waals surface area (Å²) in [6.07, 6.45) is 4.00. The van der Waals surface area contributed by atoms with Crippen LogP contribution in [0.3, 0.4) is 0 Å². The Kier molecular flexibility index (Phi) is 5.30. The van der Waals surface area contributed by atoms with Crippen LogP contribution in [0.25, 0.3) is 10.9 Å². The van der Waals surface area contributed by atoms with Crippen molar-refractivity contribution in [1.82, 2.24) is 14.8 Å². The molecule has 0 saturated carbocycles. The number of likely N-dealkylation sites (tertiary alicyclic amines) is 1. The highest BCUT2D eigenvalue weighted by Gasteiger charge is 2.27. The van der Waals surface area contributed by atoms with Crippen LogP contribution in [0.4, 0.5) is 10.5 Å². The fourth-order valence-corrected chi connectivity index (χ4v) is 3.48. The summed E-state index contributed by atoms with van der Waals surface area (Å²) in [5.41, 5.74) is 1.62. The van der Waals surface area contributed by atoms with E-state index in [-0.39, 0.29) is 6.03 Å². The van der Waals surface area contributed by atoms with Gasteiger partial charge in [-0.25, -0.2) is 4.79 Å². The molecule has 1 aliphatic heterocycles. The van der Waals surface area contributed by atoms with Crippen molar-refractivity contribution in [3.8, 4) is 0 Å². The Morgan fingerprint density at radius 1 is 1.38 bits per heavy atom. The minimum absolute atomic E-state index is 0.0196. The predicted octanol–water partition coefficient (Wildman–Crippen LogP) is 3.43. The number of pyridine rings is 1. The molecule has 0 unspecified atom stereocenters. The topological polar surface area (TPSA) is 48.5 Å². The number of nitrogens with one attached hydrogen (secondary N) is 1. The van der Waals surface area contributed by atoms with Crippen LogP contribution in [0.1, 0.15) is 19.8 Å². The highest BCUT2D eigenvalue weighted by molar-refractivity contribution is 5.99. The quantitative estimate of drug-likeness (QED) is 0.916. The third kappa shape index (κ3) is 3.85. The number of hydrogen-bond acceptors (Lipinski definition) is 3. The first-order valence-corrected chi connectivity index (χ1v) is 8.75. The average molecular weight is 326 g/mol. The molecule has 1 saturated heterocycles. The molecule has 2 aromatic rings. The Labute approximate surface area is 143 Å². The molecular formula is C19H26N4O. The molecule has 0 bridgehead atoms. The number of fused-ring (bicyclic) bond motifs is 1. The second-order valence-electron chi connectivity index (χ2n) is 6.67. The minimum atomic E-state index is -0.0196. The van der Waals surface area contributed by atoms with Crippen LogP contribution < -0.4 is 5.32 Å². The zero-order valence-electron chi connectivity index (χ0n) is 14.5. The lowest BCUT2D eigenvalue weighted by Crippen LogP contribution is -2.34. The van der Waals surface area contributed by atoms with Gasteiger partial charge < -0.3 is 15.1 Å². The molecule has 2 amide bonds. The van der Waals surface area contributed by atoms with Gasteiger partial charge in [0.2, 0.25) is 0 Å². The molecule has 1 atom stereocenters. The van der Waals surface area contributed by atoms with Gasteiger partial charge in [0.1, 0.15) is 0 Å². The fraction of sp³-hybridized carbons (Fsp3) is 0.474. The molecule has 0 radical (unpaired) electrons. The Morgan fingerprint density at radius 3 is 3.04 bits per heavy atom. The maximum Gasteiger partial charge on any atom is 0.321 e. The first-order chi connectivity index (χ1) is 11.7. The molecule has 0 aliphatic carbocycles. The number of para-hydroxylation sites is 1. The zero-order valence-corrected chi connectivity index (χ0v) is 14.5. The molecule has 128 valence electrons. The summed E-state index contributed by atoms with van der Waals surface area (Å²) in [6, 6.07) is 9.77. The van der Waals surface area contributed by atoms with Gasteiger partial charge in [0.05, 0.1) is 11.2 Å². The number of amides is 2. The first-order valence-electron chi connectivity index (χ1n) is 8.75. The van der Waals surface area contributed by atoms with Crippen LogP contribution in [0.5, 0.6) is 0 Å². The first kappa shape index (κ1) is 16.7. The minimum Gasteiger partial charge on any atom is -0.324 e. The summed E-state index contributed by atoms with van der Waals surface area (Å²) in [7, 11) is 2.16. The van der Waals surface area contributed by atoms with E-state index in [1.165, 1.54) is 6.42 Å². The standard InChI is InChI=1S/C19H26N4O/c1-3-11-22(2)13-15-9-12-23(14-15)19(24)21-17-8-4-6-16-7-5-10-20-18(16)17/h4-8,10,15H,3,9,11-14H2,1-2H3,(H,21,24)/t15-/m1/s1. The van der Waals surface area contributed by atoms with E-state index in [4.69, 9.17) is 0 Å². The Bertz CT molecular complexity index is 697. The molecule has 5 heteroatoms. The second-order valence-corrected chi connectivity index (χ2v) is 6.67. The summed E-state index contributed by atoms with van der Waals surface area (Å²) >= 11 is 0. The lowest BCUT2D eigenvalue weighted by atomic mass is 10.1. The Morgan fingerprint density at radius 2 is 2.21 bits per heavy atom. The van der Waals surface area contributed by atoms with Crippen molar-refractivity contribution < 1.29 is 4.79 Å². The van der Waals surface area contributed by atoms with E-state index in [9.17, 15) is 4.79 Å². The summed E-state index contributed by atoms with van der Waals surface area (Å²) in [6.45, 7) is 6.04. The van der Waals surface area contributed by atoms with Crippen LogP contribution >= 0.6 is 0 Å². The average Bonchev–Trinajstić information content (AvgIpc) is 3.04. The van der Waals surface area contributed by atoms with E-state index in [0.717, 1.165) is 49.2 Å². The second kappa shape index (κ2) is 7.62. The van der Waals surface area contributed by atoms with Crippen molar-refractivity contribution in [2.24, 2.45) is 5.92 Å². The monoisotopic (exact) mass is 326 g/mol. The number of aromatic nitrogens is 1. The third-order valence-electron chi connectivity index (χ3n) is 4.62. The number of anilines is 1. The predicted molar refractivity (Wildman–Crippen MR) is 98.2 cm³/mol. The van der Waals surface area contributed by atoms with E-state index in [0.29, 0.717) is 5.92 Å². The van der Waals surface area contributed by atoms with Gasteiger partial charge in [0.25, 0.3) is 0 Å². The van der Waals surface area contributed by atoms with Crippen molar-refractivity contribution in [2.75, 3.05) is 38.5 Å². The van der Waals surface area contributed by atoms with Crippen molar-refractivity contribution in [3.63, 3.8) is 0 Å². The smallest absolute Gasteiger partial charge is 0.321 e. The summed E-state index contributed by atoms with van der Waals surface area (Å²) in [5.74, 6) is 0.568. The van der Waals surface area contributed by atoms with Crippen LogP contribution in [0.2, 0.25) is 0 Å². The number of urea groups is 1. The van der Waals surface area contributed by atoms with E-state index < -0.39 is 0 Å². The SMILES string of the molecule is CCCN(C)C[C@H]1CCN(C(=O)Nc2cccc3cccnc23)C1. The maximum atomic E-state index is 12.6.